The van der Waals surface area contributed by atoms with Gasteiger partial charge in [-0.1, -0.05) is 11.6 Å². The average molecular weight is 429 g/mol. The highest BCUT2D eigenvalue weighted by Crippen LogP contribution is 2.37. The van der Waals surface area contributed by atoms with E-state index in [2.05, 4.69) is 26.1 Å². The minimum absolute atomic E-state index is 0.0721. The molecule has 4 rings (SSSR count). The molecule has 12 heteroatoms. The standard InChI is InChI=1S/C18H13ClN6O5/c19-11-3-1-10(2-4-11)18(26)24-23-17-15(25(27)28)16(20-8-21-17)22-12-5-6-13-14(7-12)30-9-29-13/h1-8H,9H2,(H,24,26)(H2,20,21,22,23). The number of anilines is 3. The van der Waals surface area contributed by atoms with Crippen LogP contribution in [0.1, 0.15) is 10.4 Å². The highest BCUT2D eigenvalue weighted by molar-refractivity contribution is 6.30. The number of hydrogen-bond acceptors (Lipinski definition) is 9. The van der Waals surface area contributed by atoms with Crippen LogP contribution >= 0.6 is 11.6 Å². The Balaban J connectivity index is 1.54. The van der Waals surface area contributed by atoms with E-state index in [-0.39, 0.29) is 18.4 Å². The Morgan fingerprint density at radius 2 is 1.80 bits per heavy atom. The molecule has 0 saturated heterocycles. The molecule has 1 aromatic heterocycles. The SMILES string of the molecule is O=C(NNc1ncnc(Nc2ccc3c(c2)OCO3)c1[N+](=O)[O-])c1ccc(Cl)cc1. The normalized spacial score (nSPS) is 11.6. The Labute approximate surface area is 174 Å². The van der Waals surface area contributed by atoms with E-state index in [0.29, 0.717) is 27.8 Å². The van der Waals surface area contributed by atoms with E-state index in [1.54, 1.807) is 30.3 Å². The number of ether oxygens (including phenoxy) is 2. The zero-order valence-electron chi connectivity index (χ0n) is 15.1. The first-order valence-electron chi connectivity index (χ1n) is 8.49. The number of hydrogen-bond donors (Lipinski definition) is 3. The van der Waals surface area contributed by atoms with Crippen molar-refractivity contribution >= 4 is 40.5 Å². The third kappa shape index (κ3) is 4.00. The monoisotopic (exact) mass is 428 g/mol. The lowest BCUT2D eigenvalue weighted by Crippen LogP contribution is -2.30. The molecule has 0 saturated carbocycles. The fourth-order valence-corrected chi connectivity index (χ4v) is 2.76. The Morgan fingerprint density at radius 1 is 1.07 bits per heavy atom. The lowest BCUT2D eigenvalue weighted by Gasteiger charge is -2.11. The third-order valence-corrected chi connectivity index (χ3v) is 4.29. The average Bonchev–Trinajstić information content (AvgIpc) is 3.20. The molecule has 1 aliphatic heterocycles. The van der Waals surface area contributed by atoms with Crippen LogP contribution in [0.5, 0.6) is 11.5 Å². The molecule has 1 amide bonds. The summed E-state index contributed by atoms with van der Waals surface area (Å²) in [5, 5.41) is 15.0. The second-order valence-corrected chi connectivity index (χ2v) is 6.39. The van der Waals surface area contributed by atoms with Crippen LogP contribution < -0.4 is 25.6 Å². The predicted octanol–water partition coefficient (Wildman–Crippen LogP) is 3.27. The second-order valence-electron chi connectivity index (χ2n) is 5.96. The summed E-state index contributed by atoms with van der Waals surface area (Å²) in [6, 6.07) is 11.1. The smallest absolute Gasteiger partial charge is 0.355 e. The van der Waals surface area contributed by atoms with Crippen LogP contribution in [0.3, 0.4) is 0 Å². The zero-order chi connectivity index (χ0) is 21.1. The Morgan fingerprint density at radius 3 is 2.57 bits per heavy atom. The second kappa shape index (κ2) is 8.09. The van der Waals surface area contributed by atoms with Crippen LogP contribution in [0.4, 0.5) is 23.0 Å². The Hall–Kier alpha value is -4.12. The largest absolute Gasteiger partial charge is 0.454 e. The molecule has 0 aliphatic carbocycles. The number of halogens is 1. The van der Waals surface area contributed by atoms with Crippen LogP contribution in [0.25, 0.3) is 0 Å². The number of fused-ring (bicyclic) bond motifs is 1. The lowest BCUT2D eigenvalue weighted by atomic mass is 10.2. The number of hydrazine groups is 1. The number of carbonyl (C=O) groups excluding carboxylic acids is 1. The van der Waals surface area contributed by atoms with Crippen molar-refractivity contribution in [1.82, 2.24) is 15.4 Å². The molecule has 2 aromatic carbocycles. The van der Waals surface area contributed by atoms with Crippen LogP contribution in [0.2, 0.25) is 5.02 Å². The van der Waals surface area contributed by atoms with Crippen LogP contribution in [-0.4, -0.2) is 27.6 Å². The third-order valence-electron chi connectivity index (χ3n) is 4.04. The number of benzene rings is 2. The number of rotatable bonds is 6. The van der Waals surface area contributed by atoms with Gasteiger partial charge in [-0.05, 0) is 36.4 Å². The van der Waals surface area contributed by atoms with E-state index in [4.69, 9.17) is 21.1 Å². The fraction of sp³-hybridized carbons (Fsp3) is 0.0556. The van der Waals surface area contributed by atoms with Gasteiger partial charge in [0.05, 0.1) is 4.92 Å². The van der Waals surface area contributed by atoms with Crippen molar-refractivity contribution in [3.8, 4) is 11.5 Å². The zero-order valence-corrected chi connectivity index (χ0v) is 15.8. The van der Waals surface area contributed by atoms with E-state index in [0.717, 1.165) is 6.33 Å². The van der Waals surface area contributed by atoms with Crippen molar-refractivity contribution in [3.05, 3.63) is 69.5 Å². The summed E-state index contributed by atoms with van der Waals surface area (Å²) in [4.78, 5) is 31.0. The molecule has 3 N–H and O–H groups in total. The summed E-state index contributed by atoms with van der Waals surface area (Å²) >= 11 is 5.80. The molecule has 3 aromatic rings. The van der Waals surface area contributed by atoms with Gasteiger partial charge in [0.25, 0.3) is 5.91 Å². The molecular formula is C18H13ClN6O5. The summed E-state index contributed by atoms with van der Waals surface area (Å²) in [6.45, 7) is 0.105. The van der Waals surface area contributed by atoms with Gasteiger partial charge in [0.1, 0.15) is 6.33 Å². The number of carbonyl (C=O) groups is 1. The van der Waals surface area contributed by atoms with Gasteiger partial charge in [0.15, 0.2) is 11.5 Å². The van der Waals surface area contributed by atoms with E-state index in [1.807, 2.05) is 0 Å². The van der Waals surface area contributed by atoms with Gasteiger partial charge < -0.3 is 14.8 Å². The molecule has 11 nitrogen and oxygen atoms in total. The molecule has 30 heavy (non-hydrogen) atoms. The van der Waals surface area contributed by atoms with Crippen molar-refractivity contribution in [2.24, 2.45) is 0 Å². The van der Waals surface area contributed by atoms with Gasteiger partial charge in [0, 0.05) is 22.3 Å². The van der Waals surface area contributed by atoms with Crippen LogP contribution in [-0.2, 0) is 0 Å². The molecule has 1 aliphatic rings. The van der Waals surface area contributed by atoms with E-state index in [1.165, 1.54) is 12.1 Å². The molecule has 0 atom stereocenters. The van der Waals surface area contributed by atoms with Crippen molar-refractivity contribution in [3.63, 3.8) is 0 Å². The number of amides is 1. The maximum Gasteiger partial charge on any atom is 0.355 e. The Kier molecular flexibility index (Phi) is 5.18. The summed E-state index contributed by atoms with van der Waals surface area (Å²) < 4.78 is 10.5. The van der Waals surface area contributed by atoms with Gasteiger partial charge in [-0.2, -0.15) is 0 Å². The van der Waals surface area contributed by atoms with E-state index < -0.39 is 16.5 Å². The van der Waals surface area contributed by atoms with Gasteiger partial charge >= 0.3 is 5.69 Å². The first-order chi connectivity index (χ1) is 14.5. The number of nitrogens with one attached hydrogen (secondary N) is 3. The number of aromatic nitrogens is 2. The summed E-state index contributed by atoms with van der Waals surface area (Å²) in [6.07, 6.45) is 1.12. The molecule has 2 heterocycles. The molecule has 0 spiro atoms. The van der Waals surface area contributed by atoms with Crippen molar-refractivity contribution in [2.45, 2.75) is 0 Å². The highest BCUT2D eigenvalue weighted by Gasteiger charge is 2.24. The van der Waals surface area contributed by atoms with Gasteiger partial charge in [0.2, 0.25) is 18.4 Å². The topological polar surface area (TPSA) is 141 Å². The maximum absolute atomic E-state index is 12.2. The first kappa shape index (κ1) is 19.2. The van der Waals surface area contributed by atoms with Gasteiger partial charge in [-0.15, -0.1) is 0 Å². The number of nitrogens with zero attached hydrogens (tertiary/aromatic N) is 3. The van der Waals surface area contributed by atoms with Gasteiger partial charge in [-0.25, -0.2) is 9.97 Å². The maximum atomic E-state index is 12.2. The minimum Gasteiger partial charge on any atom is -0.454 e. The first-order valence-corrected chi connectivity index (χ1v) is 8.87. The minimum atomic E-state index is -0.661. The molecule has 0 bridgehead atoms. The van der Waals surface area contributed by atoms with Crippen molar-refractivity contribution < 1.29 is 19.2 Å². The van der Waals surface area contributed by atoms with Crippen molar-refractivity contribution in [2.75, 3.05) is 17.5 Å². The van der Waals surface area contributed by atoms with E-state index >= 15 is 0 Å². The molecule has 0 radical (unpaired) electrons. The fourth-order valence-electron chi connectivity index (χ4n) is 2.64. The molecule has 152 valence electrons. The summed E-state index contributed by atoms with van der Waals surface area (Å²) in [5.74, 6) is 0.290. The van der Waals surface area contributed by atoms with E-state index in [9.17, 15) is 14.9 Å². The van der Waals surface area contributed by atoms with Crippen molar-refractivity contribution in [1.29, 1.82) is 0 Å². The van der Waals surface area contributed by atoms with Crippen LogP contribution in [0, 0.1) is 10.1 Å². The molecule has 0 fully saturated rings. The lowest BCUT2D eigenvalue weighted by molar-refractivity contribution is -0.383. The molecular weight excluding hydrogens is 416 g/mol. The number of nitro groups is 1. The summed E-state index contributed by atoms with van der Waals surface area (Å²) in [5.41, 5.74) is 5.18. The van der Waals surface area contributed by atoms with Crippen LogP contribution in [0.15, 0.2) is 48.8 Å². The quantitative estimate of drug-likeness (QED) is 0.398. The predicted molar refractivity (Wildman–Crippen MR) is 107 cm³/mol. The summed E-state index contributed by atoms with van der Waals surface area (Å²) in [7, 11) is 0. The molecule has 0 unspecified atom stereocenters. The Bertz CT molecular complexity index is 1120. The van der Waals surface area contributed by atoms with Gasteiger partial charge in [-0.3, -0.25) is 25.8 Å². The highest BCUT2D eigenvalue weighted by atomic mass is 35.5.